The summed E-state index contributed by atoms with van der Waals surface area (Å²) in [7, 11) is 1.86. The van der Waals surface area contributed by atoms with Gasteiger partial charge in [-0.15, -0.1) is 24.0 Å². The molecule has 3 aliphatic heterocycles. The van der Waals surface area contributed by atoms with E-state index >= 15 is 0 Å². The summed E-state index contributed by atoms with van der Waals surface area (Å²) in [6, 6.07) is 0. The van der Waals surface area contributed by atoms with Crippen molar-refractivity contribution in [3.63, 3.8) is 0 Å². The maximum absolute atomic E-state index is 12.2. The fourth-order valence-electron chi connectivity index (χ4n) is 4.23. The number of carbonyl (C=O) groups is 1. The number of carbonyl (C=O) groups excluding carboxylic acids is 1. The van der Waals surface area contributed by atoms with Gasteiger partial charge >= 0.3 is 6.09 Å². The molecule has 0 aromatic carbocycles. The molecule has 3 saturated heterocycles. The van der Waals surface area contributed by atoms with Crippen molar-refractivity contribution in [2.75, 3.05) is 72.6 Å². The number of hydrogen-bond acceptors (Lipinski definition) is 5. The molecule has 0 aromatic rings. The van der Waals surface area contributed by atoms with E-state index in [9.17, 15) is 4.79 Å². The predicted molar refractivity (Wildman–Crippen MR) is 125 cm³/mol. The predicted octanol–water partition coefficient (Wildman–Crippen LogP) is 1.84. The Labute approximate surface area is 192 Å². The number of nitrogens with one attached hydrogen (secondary N) is 1. The van der Waals surface area contributed by atoms with Gasteiger partial charge < -0.3 is 24.6 Å². The number of ether oxygens (including phenoxy) is 2. The van der Waals surface area contributed by atoms with E-state index in [1.165, 1.54) is 12.8 Å². The maximum Gasteiger partial charge on any atom is 0.410 e. The summed E-state index contributed by atoms with van der Waals surface area (Å²) < 4.78 is 11.1. The van der Waals surface area contributed by atoms with Gasteiger partial charge in [0, 0.05) is 71.4 Å². The Balaban J connectivity index is 0.00000300. The van der Waals surface area contributed by atoms with Crippen molar-refractivity contribution in [1.82, 2.24) is 20.0 Å². The summed E-state index contributed by atoms with van der Waals surface area (Å²) in [5.41, 5.74) is -0.0948. The number of nitrogens with zero attached hydrogens (tertiary/aromatic N) is 4. The first kappa shape index (κ1) is 24.5. The van der Waals surface area contributed by atoms with Crippen LogP contribution in [0.4, 0.5) is 4.79 Å². The van der Waals surface area contributed by atoms with Gasteiger partial charge in [0.2, 0.25) is 0 Å². The van der Waals surface area contributed by atoms with Crippen molar-refractivity contribution < 1.29 is 14.3 Å². The highest BCUT2D eigenvalue weighted by molar-refractivity contribution is 14.0. The Morgan fingerprint density at radius 1 is 1.14 bits per heavy atom. The van der Waals surface area contributed by atoms with E-state index in [0.29, 0.717) is 5.41 Å². The van der Waals surface area contributed by atoms with Crippen molar-refractivity contribution >= 4 is 36.0 Å². The molecule has 3 rings (SSSR count). The lowest BCUT2D eigenvalue weighted by molar-refractivity contribution is 0.0147. The van der Waals surface area contributed by atoms with Gasteiger partial charge in [0.15, 0.2) is 5.96 Å². The second-order valence-corrected chi connectivity index (χ2v) is 9.26. The van der Waals surface area contributed by atoms with Crippen LogP contribution in [-0.4, -0.2) is 105 Å². The molecule has 0 radical (unpaired) electrons. The second-order valence-electron chi connectivity index (χ2n) is 9.26. The van der Waals surface area contributed by atoms with E-state index in [1.807, 2.05) is 32.7 Å². The van der Waals surface area contributed by atoms with Crippen molar-refractivity contribution in [1.29, 1.82) is 0 Å². The number of halogens is 1. The van der Waals surface area contributed by atoms with Crippen LogP contribution in [0.5, 0.6) is 0 Å². The minimum atomic E-state index is -0.438. The fourth-order valence-corrected chi connectivity index (χ4v) is 4.23. The summed E-state index contributed by atoms with van der Waals surface area (Å²) in [5, 5.41) is 3.52. The van der Waals surface area contributed by atoms with Gasteiger partial charge in [-0.2, -0.15) is 0 Å². The summed E-state index contributed by atoms with van der Waals surface area (Å²) in [6.07, 6.45) is 2.16. The van der Waals surface area contributed by atoms with Crippen LogP contribution in [0.2, 0.25) is 0 Å². The first-order valence-electron chi connectivity index (χ1n) is 10.5. The Kier molecular flexibility index (Phi) is 8.84. The van der Waals surface area contributed by atoms with Gasteiger partial charge in [-0.25, -0.2) is 4.79 Å². The molecular formula is C20H38IN5O3. The van der Waals surface area contributed by atoms with Crippen LogP contribution >= 0.6 is 24.0 Å². The molecule has 0 saturated carbocycles. The number of hydrogen-bond donors (Lipinski definition) is 1. The third-order valence-electron chi connectivity index (χ3n) is 5.87. The Morgan fingerprint density at radius 2 is 1.86 bits per heavy atom. The number of piperazine rings is 1. The van der Waals surface area contributed by atoms with Gasteiger partial charge in [0.05, 0.1) is 6.61 Å². The average molecular weight is 523 g/mol. The Bertz CT molecular complexity index is 567. The molecular weight excluding hydrogens is 485 g/mol. The van der Waals surface area contributed by atoms with E-state index in [4.69, 9.17) is 9.47 Å². The van der Waals surface area contributed by atoms with E-state index in [1.54, 1.807) is 0 Å². The van der Waals surface area contributed by atoms with Crippen LogP contribution in [0.15, 0.2) is 4.99 Å². The summed E-state index contributed by atoms with van der Waals surface area (Å²) in [5.74, 6) is 0.996. The summed E-state index contributed by atoms with van der Waals surface area (Å²) >= 11 is 0. The quantitative estimate of drug-likeness (QED) is 0.346. The number of rotatable bonds is 3. The second kappa shape index (κ2) is 10.5. The first-order valence-corrected chi connectivity index (χ1v) is 10.5. The molecule has 0 aliphatic carbocycles. The zero-order valence-electron chi connectivity index (χ0n) is 18.4. The zero-order valence-corrected chi connectivity index (χ0v) is 20.7. The minimum Gasteiger partial charge on any atom is -0.444 e. The van der Waals surface area contributed by atoms with Gasteiger partial charge in [0.25, 0.3) is 0 Å². The number of likely N-dealkylation sites (tertiary alicyclic amines) is 1. The SMILES string of the molecule is CN=C(NCCN1CCN(C(=O)OC(C)(C)C)CC1)N1CCC2(CCOC2)C1.I. The Hall–Kier alpha value is -0.810. The van der Waals surface area contributed by atoms with Crippen molar-refractivity contribution in [2.24, 2.45) is 10.4 Å². The van der Waals surface area contributed by atoms with Crippen LogP contribution < -0.4 is 5.32 Å². The van der Waals surface area contributed by atoms with Crippen LogP contribution in [0.25, 0.3) is 0 Å². The molecule has 1 unspecified atom stereocenters. The molecule has 1 spiro atoms. The number of guanidine groups is 1. The molecule has 3 fully saturated rings. The highest BCUT2D eigenvalue weighted by atomic mass is 127. The van der Waals surface area contributed by atoms with E-state index in [-0.39, 0.29) is 30.1 Å². The van der Waals surface area contributed by atoms with Crippen molar-refractivity contribution in [3.05, 3.63) is 0 Å². The monoisotopic (exact) mass is 523 g/mol. The third-order valence-corrected chi connectivity index (χ3v) is 5.87. The number of aliphatic imine (C=N–C) groups is 1. The lowest BCUT2D eigenvalue weighted by Gasteiger charge is -2.35. The van der Waals surface area contributed by atoms with Gasteiger partial charge in [-0.05, 0) is 33.6 Å². The molecule has 1 N–H and O–H groups in total. The summed E-state index contributed by atoms with van der Waals surface area (Å²) in [4.78, 5) is 23.2. The zero-order chi connectivity index (χ0) is 20.2. The smallest absolute Gasteiger partial charge is 0.410 e. The van der Waals surface area contributed by atoms with Crippen LogP contribution in [-0.2, 0) is 9.47 Å². The van der Waals surface area contributed by atoms with E-state index < -0.39 is 5.60 Å². The van der Waals surface area contributed by atoms with Crippen LogP contribution in [0, 0.1) is 5.41 Å². The first-order chi connectivity index (χ1) is 13.3. The largest absolute Gasteiger partial charge is 0.444 e. The van der Waals surface area contributed by atoms with Crippen molar-refractivity contribution in [3.8, 4) is 0 Å². The molecule has 9 heteroatoms. The Morgan fingerprint density at radius 3 is 2.45 bits per heavy atom. The molecule has 0 bridgehead atoms. The minimum absolute atomic E-state index is 0. The fraction of sp³-hybridized carbons (Fsp3) is 0.900. The van der Waals surface area contributed by atoms with Crippen LogP contribution in [0.3, 0.4) is 0 Å². The maximum atomic E-state index is 12.2. The highest BCUT2D eigenvalue weighted by Crippen LogP contribution is 2.38. The lowest BCUT2D eigenvalue weighted by atomic mass is 9.87. The molecule has 1 amide bonds. The molecule has 168 valence electrons. The van der Waals surface area contributed by atoms with Gasteiger partial charge in [-0.3, -0.25) is 9.89 Å². The molecule has 3 aliphatic rings. The molecule has 1 atom stereocenters. The number of amides is 1. The molecule has 29 heavy (non-hydrogen) atoms. The van der Waals surface area contributed by atoms with E-state index in [0.717, 1.165) is 71.5 Å². The standard InChI is InChI=1S/C20H37N5O3.HI/c1-19(2,3)28-18(26)24-12-10-23(11-13-24)9-7-22-17(21-4)25-8-5-20(15-25)6-14-27-16-20;/h5-16H2,1-4H3,(H,21,22);1H. The van der Waals surface area contributed by atoms with E-state index in [2.05, 4.69) is 20.1 Å². The lowest BCUT2D eigenvalue weighted by Crippen LogP contribution is -2.52. The van der Waals surface area contributed by atoms with Gasteiger partial charge in [0.1, 0.15) is 5.60 Å². The van der Waals surface area contributed by atoms with Gasteiger partial charge in [-0.1, -0.05) is 0 Å². The highest BCUT2D eigenvalue weighted by Gasteiger charge is 2.42. The molecule has 0 aromatic heterocycles. The van der Waals surface area contributed by atoms with Crippen molar-refractivity contribution in [2.45, 2.75) is 39.2 Å². The molecule has 8 nitrogen and oxygen atoms in total. The third kappa shape index (κ3) is 6.85. The normalized spacial score (nSPS) is 26.0. The topological polar surface area (TPSA) is 69.6 Å². The molecule has 3 heterocycles. The van der Waals surface area contributed by atoms with Crippen LogP contribution in [0.1, 0.15) is 33.6 Å². The average Bonchev–Trinajstić information content (AvgIpc) is 3.28. The summed E-state index contributed by atoms with van der Waals surface area (Å²) in [6.45, 7) is 14.6.